The first kappa shape index (κ1) is 16.1. The van der Waals surface area contributed by atoms with E-state index < -0.39 is 0 Å². The average molecular weight is 318 g/mol. The Bertz CT molecular complexity index is 532. The van der Waals surface area contributed by atoms with E-state index in [0.717, 1.165) is 44.5 Å². The molecule has 1 aromatic heterocycles. The van der Waals surface area contributed by atoms with Crippen molar-refractivity contribution < 1.29 is 14.0 Å². The lowest BCUT2D eigenvalue weighted by Gasteiger charge is -2.34. The number of aryl methyl sites for hydroxylation is 1. The Morgan fingerprint density at radius 3 is 2.70 bits per heavy atom. The Morgan fingerprint density at radius 2 is 2.00 bits per heavy atom. The van der Waals surface area contributed by atoms with Crippen molar-refractivity contribution in [1.29, 1.82) is 0 Å². The summed E-state index contributed by atoms with van der Waals surface area (Å²) in [5.41, 5.74) is 0. The highest BCUT2D eigenvalue weighted by Gasteiger charge is 2.36. The summed E-state index contributed by atoms with van der Waals surface area (Å²) in [5, 5.41) is 0. The topological polar surface area (TPSA) is 53.8 Å². The van der Waals surface area contributed by atoms with Crippen molar-refractivity contribution in [1.82, 2.24) is 9.80 Å². The molecule has 0 saturated carbocycles. The van der Waals surface area contributed by atoms with E-state index in [0.29, 0.717) is 25.3 Å². The Labute approximate surface area is 137 Å². The molecule has 2 fully saturated rings. The molecule has 0 aliphatic carbocycles. The van der Waals surface area contributed by atoms with Crippen LogP contribution in [0.2, 0.25) is 0 Å². The molecule has 2 saturated heterocycles. The van der Waals surface area contributed by atoms with Crippen LogP contribution in [0.1, 0.15) is 44.8 Å². The maximum atomic E-state index is 12.8. The van der Waals surface area contributed by atoms with E-state index in [4.69, 9.17) is 4.42 Å². The Hall–Kier alpha value is -1.78. The molecule has 0 aromatic carbocycles. The van der Waals surface area contributed by atoms with Crippen LogP contribution in [0.25, 0.3) is 0 Å². The summed E-state index contributed by atoms with van der Waals surface area (Å²) in [5.74, 6) is 1.75. The maximum absolute atomic E-state index is 12.8. The number of hydrogen-bond donors (Lipinski definition) is 0. The highest BCUT2D eigenvalue weighted by atomic mass is 16.3. The molecule has 23 heavy (non-hydrogen) atoms. The zero-order valence-corrected chi connectivity index (χ0v) is 13.9. The van der Waals surface area contributed by atoms with E-state index in [1.807, 2.05) is 17.0 Å². The number of amides is 2. The lowest BCUT2D eigenvalue weighted by molar-refractivity contribution is -0.144. The van der Waals surface area contributed by atoms with Gasteiger partial charge in [0.15, 0.2) is 0 Å². The van der Waals surface area contributed by atoms with Crippen LogP contribution in [-0.2, 0) is 16.0 Å². The molecule has 2 aliphatic heterocycles. The summed E-state index contributed by atoms with van der Waals surface area (Å²) in [7, 11) is 0. The summed E-state index contributed by atoms with van der Waals surface area (Å²) < 4.78 is 5.28. The smallest absolute Gasteiger partial charge is 0.245 e. The molecule has 0 radical (unpaired) electrons. The summed E-state index contributed by atoms with van der Waals surface area (Å²) >= 11 is 0. The first-order valence-corrected chi connectivity index (χ1v) is 8.76. The molecule has 126 valence electrons. The van der Waals surface area contributed by atoms with Gasteiger partial charge in [0.2, 0.25) is 11.8 Å². The molecular formula is C18H26N2O3. The fourth-order valence-electron chi connectivity index (χ4n) is 3.59. The SMILES string of the molecule is CC1CCN(C(=O)[C@@H]2CCCN2C(=O)CCc2ccco2)CC1. The van der Waals surface area contributed by atoms with Crippen LogP contribution in [0.5, 0.6) is 0 Å². The van der Waals surface area contributed by atoms with Crippen molar-refractivity contribution in [3.8, 4) is 0 Å². The first-order valence-electron chi connectivity index (χ1n) is 8.76. The third-order valence-corrected chi connectivity index (χ3v) is 5.12. The molecule has 1 aromatic rings. The van der Waals surface area contributed by atoms with Gasteiger partial charge >= 0.3 is 0 Å². The van der Waals surface area contributed by atoms with Crippen LogP contribution in [-0.4, -0.2) is 47.3 Å². The van der Waals surface area contributed by atoms with Gasteiger partial charge in [0, 0.05) is 32.5 Å². The number of piperidine rings is 1. The van der Waals surface area contributed by atoms with Crippen molar-refractivity contribution in [2.45, 2.75) is 51.5 Å². The van der Waals surface area contributed by atoms with Crippen molar-refractivity contribution >= 4 is 11.8 Å². The Kier molecular flexibility index (Phi) is 5.03. The number of carbonyl (C=O) groups is 2. The van der Waals surface area contributed by atoms with Crippen molar-refractivity contribution in [3.63, 3.8) is 0 Å². The summed E-state index contributed by atoms with van der Waals surface area (Å²) in [6, 6.07) is 3.47. The van der Waals surface area contributed by atoms with Crippen molar-refractivity contribution in [2.75, 3.05) is 19.6 Å². The van der Waals surface area contributed by atoms with Gasteiger partial charge in [0.1, 0.15) is 11.8 Å². The number of furan rings is 1. The second-order valence-corrected chi connectivity index (χ2v) is 6.83. The Morgan fingerprint density at radius 1 is 1.22 bits per heavy atom. The molecule has 1 atom stereocenters. The van der Waals surface area contributed by atoms with E-state index in [1.54, 1.807) is 11.2 Å². The van der Waals surface area contributed by atoms with Crippen LogP contribution in [0, 0.1) is 5.92 Å². The zero-order valence-electron chi connectivity index (χ0n) is 13.9. The van der Waals surface area contributed by atoms with E-state index in [-0.39, 0.29) is 17.9 Å². The monoisotopic (exact) mass is 318 g/mol. The van der Waals surface area contributed by atoms with Gasteiger partial charge in [-0.1, -0.05) is 6.92 Å². The molecule has 5 nitrogen and oxygen atoms in total. The lowest BCUT2D eigenvalue weighted by Crippen LogP contribution is -2.49. The van der Waals surface area contributed by atoms with Gasteiger partial charge < -0.3 is 14.2 Å². The predicted molar refractivity (Wildman–Crippen MR) is 86.7 cm³/mol. The van der Waals surface area contributed by atoms with E-state index in [1.165, 1.54) is 0 Å². The highest BCUT2D eigenvalue weighted by Crippen LogP contribution is 2.24. The normalized spacial score (nSPS) is 22.6. The fourth-order valence-corrected chi connectivity index (χ4v) is 3.59. The largest absolute Gasteiger partial charge is 0.469 e. The number of likely N-dealkylation sites (tertiary alicyclic amines) is 2. The molecule has 3 rings (SSSR count). The predicted octanol–water partition coefficient (Wildman–Crippen LogP) is 2.46. The first-order chi connectivity index (χ1) is 11.1. The van der Waals surface area contributed by atoms with E-state index >= 15 is 0 Å². The number of nitrogens with zero attached hydrogens (tertiary/aromatic N) is 2. The van der Waals surface area contributed by atoms with Gasteiger partial charge in [-0.25, -0.2) is 0 Å². The lowest BCUT2D eigenvalue weighted by atomic mass is 9.98. The minimum absolute atomic E-state index is 0.0719. The van der Waals surface area contributed by atoms with Crippen LogP contribution in [0.15, 0.2) is 22.8 Å². The molecule has 2 amide bonds. The van der Waals surface area contributed by atoms with Crippen LogP contribution in [0.4, 0.5) is 0 Å². The Balaban J connectivity index is 1.56. The summed E-state index contributed by atoms with van der Waals surface area (Å²) in [6.07, 6.45) is 6.51. The number of hydrogen-bond acceptors (Lipinski definition) is 3. The molecule has 3 heterocycles. The number of carbonyl (C=O) groups excluding carboxylic acids is 2. The molecule has 0 spiro atoms. The molecule has 2 aliphatic rings. The molecule has 0 unspecified atom stereocenters. The third kappa shape index (κ3) is 3.77. The van der Waals surface area contributed by atoms with Crippen molar-refractivity contribution in [3.05, 3.63) is 24.2 Å². The second-order valence-electron chi connectivity index (χ2n) is 6.83. The van der Waals surface area contributed by atoms with E-state index in [2.05, 4.69) is 6.92 Å². The minimum Gasteiger partial charge on any atom is -0.469 e. The van der Waals surface area contributed by atoms with E-state index in [9.17, 15) is 9.59 Å². The van der Waals surface area contributed by atoms with Crippen molar-refractivity contribution in [2.24, 2.45) is 5.92 Å². The molecule has 5 heteroatoms. The van der Waals surface area contributed by atoms with Crippen LogP contribution < -0.4 is 0 Å². The minimum atomic E-state index is -0.243. The second kappa shape index (κ2) is 7.20. The summed E-state index contributed by atoms with van der Waals surface area (Å²) in [4.78, 5) is 29.0. The van der Waals surface area contributed by atoms with Crippen LogP contribution in [0.3, 0.4) is 0 Å². The van der Waals surface area contributed by atoms with Gasteiger partial charge in [-0.05, 0) is 43.7 Å². The third-order valence-electron chi connectivity index (χ3n) is 5.12. The average Bonchev–Trinajstić information content (AvgIpc) is 3.24. The fraction of sp³-hybridized carbons (Fsp3) is 0.667. The van der Waals surface area contributed by atoms with Gasteiger partial charge in [-0.2, -0.15) is 0 Å². The molecule has 0 bridgehead atoms. The number of rotatable bonds is 4. The van der Waals surface area contributed by atoms with Gasteiger partial charge in [-0.3, -0.25) is 9.59 Å². The highest BCUT2D eigenvalue weighted by molar-refractivity contribution is 5.88. The van der Waals surface area contributed by atoms with Gasteiger partial charge in [-0.15, -0.1) is 0 Å². The molecule has 0 N–H and O–H groups in total. The zero-order chi connectivity index (χ0) is 16.2. The van der Waals surface area contributed by atoms with Gasteiger partial charge in [0.05, 0.1) is 6.26 Å². The quantitative estimate of drug-likeness (QED) is 0.857. The van der Waals surface area contributed by atoms with Gasteiger partial charge in [0.25, 0.3) is 0 Å². The summed E-state index contributed by atoms with van der Waals surface area (Å²) in [6.45, 7) is 4.62. The molecular weight excluding hydrogens is 292 g/mol. The van der Waals surface area contributed by atoms with Crippen LogP contribution >= 0.6 is 0 Å². The maximum Gasteiger partial charge on any atom is 0.245 e. The standard InChI is InChI=1S/C18H26N2O3/c1-14-8-11-19(12-9-14)18(22)16-5-2-10-20(16)17(21)7-6-15-4-3-13-23-15/h3-4,13-14,16H,2,5-12H2,1H3/t16-/m0/s1.